The number of aromatic nitrogens is 3. The zero-order chi connectivity index (χ0) is 22.2. The Bertz CT molecular complexity index is 1310. The summed E-state index contributed by atoms with van der Waals surface area (Å²) in [6.45, 7) is 4.09. The number of carbonyl (C=O) groups excluding carboxylic acids is 1. The van der Waals surface area contributed by atoms with Gasteiger partial charge in [-0.2, -0.15) is 5.10 Å². The Morgan fingerprint density at radius 2 is 1.53 bits per heavy atom. The van der Waals surface area contributed by atoms with Gasteiger partial charge < -0.3 is 10.2 Å². The Kier molecular flexibility index (Phi) is 6.18. The number of hydrogen-bond donors (Lipinski definition) is 1. The molecule has 0 spiro atoms. The van der Waals surface area contributed by atoms with Crippen LogP contribution in [0.4, 0.5) is 5.69 Å². The highest BCUT2D eigenvalue weighted by atomic mass is 35.5. The molecule has 7 heteroatoms. The molecule has 0 unspecified atom stereocenters. The molecule has 4 aromatic rings. The van der Waals surface area contributed by atoms with Crippen LogP contribution < -0.4 is 10.2 Å². The summed E-state index contributed by atoms with van der Waals surface area (Å²) in [4.78, 5) is 18.7. The fourth-order valence-corrected chi connectivity index (χ4v) is 4.80. The summed E-state index contributed by atoms with van der Waals surface area (Å²) in [5.41, 5.74) is 8.32. The summed E-state index contributed by atoms with van der Waals surface area (Å²) in [6, 6.07) is 18.8. The second-order valence-electron chi connectivity index (χ2n) is 8.62. The van der Waals surface area contributed by atoms with Crippen molar-refractivity contribution in [3.05, 3.63) is 84.3 Å². The van der Waals surface area contributed by atoms with Crippen LogP contribution in [0.1, 0.15) is 22.3 Å². The summed E-state index contributed by atoms with van der Waals surface area (Å²) < 4.78 is 1.95. The van der Waals surface area contributed by atoms with Gasteiger partial charge >= 0.3 is 0 Å². The number of hydrogen-bond acceptors (Lipinski definition) is 5. The lowest BCUT2D eigenvalue weighted by molar-refractivity contribution is 0.0994. The van der Waals surface area contributed by atoms with Crippen molar-refractivity contribution in [3.63, 3.8) is 0 Å². The number of rotatable bonds is 4. The number of ketones is 1. The van der Waals surface area contributed by atoms with Crippen LogP contribution in [0.15, 0.2) is 73.2 Å². The number of aryl methyl sites for hydroxylation is 1. The zero-order valence-corrected chi connectivity index (χ0v) is 19.6. The highest BCUT2D eigenvalue weighted by Crippen LogP contribution is 2.35. The van der Waals surface area contributed by atoms with Gasteiger partial charge in [-0.15, -0.1) is 12.4 Å². The zero-order valence-electron chi connectivity index (χ0n) is 18.8. The molecule has 0 saturated carbocycles. The Balaban J connectivity index is 0.00000241. The molecule has 2 aromatic carbocycles. The van der Waals surface area contributed by atoms with E-state index in [0.717, 1.165) is 71.8 Å². The van der Waals surface area contributed by atoms with Gasteiger partial charge in [0.15, 0.2) is 5.78 Å². The molecule has 1 fully saturated rings. The van der Waals surface area contributed by atoms with Crippen molar-refractivity contribution >= 4 is 23.9 Å². The maximum atomic E-state index is 12.1. The van der Waals surface area contributed by atoms with Crippen LogP contribution in [0.25, 0.3) is 28.1 Å². The Morgan fingerprint density at radius 3 is 2.29 bits per heavy atom. The molecule has 0 atom stereocenters. The number of fused-ring (bicyclic) bond motifs is 1. The lowest BCUT2D eigenvalue weighted by Crippen LogP contribution is -2.43. The number of Topliss-reactive ketones (excluding diaryl/α,β-unsaturated/α-hetero) is 1. The molecule has 1 aliphatic heterocycles. The molecule has 1 saturated heterocycles. The SMILES string of the molecule is Cl.O=C1CCc2cc(-c3cn(-c4ccc(N5CCNCC5)cc4)nc3-c3ccncc3)ccc21. The molecule has 1 aliphatic carbocycles. The van der Waals surface area contributed by atoms with E-state index >= 15 is 0 Å². The molecule has 6 nitrogen and oxygen atoms in total. The van der Waals surface area contributed by atoms with Crippen LogP contribution in [-0.2, 0) is 6.42 Å². The highest BCUT2D eigenvalue weighted by molar-refractivity contribution is 6.01. The second kappa shape index (κ2) is 9.41. The van der Waals surface area contributed by atoms with Gasteiger partial charge in [0.05, 0.1) is 5.69 Å². The Hall–Kier alpha value is -3.48. The smallest absolute Gasteiger partial charge is 0.163 e. The molecule has 34 heavy (non-hydrogen) atoms. The third kappa shape index (κ3) is 4.11. The highest BCUT2D eigenvalue weighted by Gasteiger charge is 2.21. The summed E-state index contributed by atoms with van der Waals surface area (Å²) in [5.74, 6) is 0.242. The second-order valence-corrected chi connectivity index (χ2v) is 8.62. The molecule has 172 valence electrons. The van der Waals surface area contributed by atoms with Crippen molar-refractivity contribution in [3.8, 4) is 28.1 Å². The van der Waals surface area contributed by atoms with E-state index in [0.29, 0.717) is 6.42 Å². The first-order valence-electron chi connectivity index (χ1n) is 11.5. The van der Waals surface area contributed by atoms with E-state index in [1.54, 1.807) is 12.4 Å². The van der Waals surface area contributed by atoms with E-state index in [2.05, 4.69) is 51.7 Å². The number of pyridine rings is 1. The minimum atomic E-state index is 0. The normalized spacial score (nSPS) is 15.2. The number of nitrogens with zero attached hydrogens (tertiary/aromatic N) is 4. The Morgan fingerprint density at radius 1 is 0.794 bits per heavy atom. The van der Waals surface area contributed by atoms with Crippen LogP contribution in [0.2, 0.25) is 0 Å². The van der Waals surface area contributed by atoms with Crippen LogP contribution in [-0.4, -0.2) is 46.7 Å². The number of carbonyl (C=O) groups is 1. The average Bonchev–Trinajstić information content (AvgIpc) is 3.49. The summed E-state index contributed by atoms with van der Waals surface area (Å²) in [5, 5.41) is 8.38. The van der Waals surface area contributed by atoms with Crippen molar-refractivity contribution in [1.82, 2.24) is 20.1 Å². The van der Waals surface area contributed by atoms with Crippen molar-refractivity contribution < 1.29 is 4.79 Å². The molecule has 3 heterocycles. The van der Waals surface area contributed by atoms with Crippen molar-refractivity contribution in [1.29, 1.82) is 0 Å². The molecule has 0 bridgehead atoms. The van der Waals surface area contributed by atoms with Crippen LogP contribution in [0.5, 0.6) is 0 Å². The lowest BCUT2D eigenvalue weighted by atomic mass is 9.98. The van der Waals surface area contributed by atoms with Crippen molar-refractivity contribution in [2.24, 2.45) is 0 Å². The first-order chi connectivity index (χ1) is 16.3. The molecule has 1 N–H and O–H groups in total. The number of benzene rings is 2. The van der Waals surface area contributed by atoms with Gasteiger partial charge in [-0.3, -0.25) is 9.78 Å². The first-order valence-corrected chi connectivity index (χ1v) is 11.5. The number of halogens is 1. The van der Waals surface area contributed by atoms with Crippen LogP contribution in [0, 0.1) is 0 Å². The number of nitrogens with one attached hydrogen (secondary N) is 1. The maximum absolute atomic E-state index is 12.1. The van der Waals surface area contributed by atoms with Gasteiger partial charge in [-0.05, 0) is 53.9 Å². The predicted molar refractivity (Wildman–Crippen MR) is 137 cm³/mol. The van der Waals surface area contributed by atoms with Gasteiger partial charge in [0.2, 0.25) is 0 Å². The van der Waals surface area contributed by atoms with E-state index in [4.69, 9.17) is 5.10 Å². The van der Waals surface area contributed by atoms with E-state index < -0.39 is 0 Å². The molecular formula is C27H26ClN5O. The molecule has 6 rings (SSSR count). The van der Waals surface area contributed by atoms with Crippen molar-refractivity contribution in [2.75, 3.05) is 31.1 Å². The van der Waals surface area contributed by atoms with E-state index in [9.17, 15) is 4.79 Å². The van der Waals surface area contributed by atoms with Gasteiger partial charge in [0.25, 0.3) is 0 Å². The van der Waals surface area contributed by atoms with Gasteiger partial charge in [-0.25, -0.2) is 4.68 Å². The molecule has 2 aliphatic rings. The van der Waals surface area contributed by atoms with Crippen molar-refractivity contribution in [2.45, 2.75) is 12.8 Å². The lowest BCUT2D eigenvalue weighted by Gasteiger charge is -2.29. The first kappa shape index (κ1) is 22.3. The quantitative estimate of drug-likeness (QED) is 0.472. The average molecular weight is 472 g/mol. The molecular weight excluding hydrogens is 446 g/mol. The largest absolute Gasteiger partial charge is 0.369 e. The molecule has 0 radical (unpaired) electrons. The fourth-order valence-electron chi connectivity index (χ4n) is 4.80. The van der Waals surface area contributed by atoms with E-state index in [1.807, 2.05) is 28.9 Å². The predicted octanol–water partition coefficient (Wildman–Crippen LogP) is 4.56. The minimum absolute atomic E-state index is 0. The van der Waals surface area contributed by atoms with E-state index in [1.165, 1.54) is 5.69 Å². The maximum Gasteiger partial charge on any atom is 0.163 e. The monoisotopic (exact) mass is 471 g/mol. The third-order valence-corrected chi connectivity index (χ3v) is 6.60. The number of piperazine rings is 1. The summed E-state index contributed by atoms with van der Waals surface area (Å²) in [6.07, 6.45) is 7.10. The Labute approximate surface area is 205 Å². The minimum Gasteiger partial charge on any atom is -0.369 e. The van der Waals surface area contributed by atoms with Crippen LogP contribution in [0.3, 0.4) is 0 Å². The summed E-state index contributed by atoms with van der Waals surface area (Å²) in [7, 11) is 0. The third-order valence-electron chi connectivity index (χ3n) is 6.60. The molecule has 0 amide bonds. The van der Waals surface area contributed by atoms with E-state index in [-0.39, 0.29) is 18.2 Å². The summed E-state index contributed by atoms with van der Waals surface area (Å²) >= 11 is 0. The van der Waals surface area contributed by atoms with Crippen LogP contribution >= 0.6 is 12.4 Å². The fraction of sp³-hybridized carbons (Fsp3) is 0.222. The van der Waals surface area contributed by atoms with Gasteiger partial charge in [0, 0.05) is 73.6 Å². The molecule has 2 aromatic heterocycles. The number of anilines is 1. The van der Waals surface area contributed by atoms with Gasteiger partial charge in [-0.1, -0.05) is 18.2 Å². The van der Waals surface area contributed by atoms with Gasteiger partial charge in [0.1, 0.15) is 5.69 Å². The topological polar surface area (TPSA) is 63.1 Å². The standard InChI is InChI=1S/C27H25N5O.ClH/c33-26-8-2-20-17-21(1-7-24(20)26)25-18-32(30-27(25)19-9-11-28-12-10-19)23-5-3-22(4-6-23)31-15-13-29-14-16-31;/h1,3-7,9-12,17-18,29H,2,8,13-16H2;1H.